The van der Waals surface area contributed by atoms with E-state index in [1.165, 1.54) is 0 Å². The number of ketones is 2. The van der Waals surface area contributed by atoms with E-state index < -0.39 is 23.1 Å². The molecule has 0 amide bonds. The van der Waals surface area contributed by atoms with Crippen LogP contribution >= 0.6 is 0 Å². The highest BCUT2D eigenvalue weighted by Gasteiger charge is 2.87. The highest BCUT2D eigenvalue weighted by atomic mass is 16.7. The molecular weight excluding hydrogens is 498 g/mol. The maximum Gasteiger partial charge on any atom is 0.350 e. The van der Waals surface area contributed by atoms with Crippen molar-refractivity contribution >= 4 is 23.5 Å². The quantitative estimate of drug-likeness (QED) is 0.0640. The highest BCUT2D eigenvalue weighted by molar-refractivity contribution is 6.23. The summed E-state index contributed by atoms with van der Waals surface area (Å²) in [6, 6.07) is 0.0644. The number of nitrogens with one attached hydrogen (secondary N) is 2. The summed E-state index contributed by atoms with van der Waals surface area (Å²) in [5.74, 6) is -0.925. The van der Waals surface area contributed by atoms with E-state index in [1.54, 1.807) is 7.05 Å². The van der Waals surface area contributed by atoms with Gasteiger partial charge < -0.3 is 14.8 Å². The number of nitrogens with two attached hydrogens (primary N) is 3. The lowest BCUT2D eigenvalue weighted by atomic mass is 9.61. The Kier molecular flexibility index (Phi) is 8.18. The number of hydrogen-bond acceptors (Lipinski definition) is 6. The summed E-state index contributed by atoms with van der Waals surface area (Å²) in [5, 5.41) is 5.58. The van der Waals surface area contributed by atoms with Gasteiger partial charge in [-0.25, -0.2) is 4.79 Å². The largest absolute Gasteiger partial charge is 0.460 e. The van der Waals surface area contributed by atoms with Gasteiger partial charge in [0, 0.05) is 43.4 Å². The lowest BCUT2D eigenvalue weighted by Crippen LogP contribution is -2.95. The maximum atomic E-state index is 13.9. The Morgan fingerprint density at radius 1 is 1.15 bits per heavy atom. The molecule has 8 N–H and O–H groups in total. The van der Waals surface area contributed by atoms with Crippen molar-refractivity contribution in [3.63, 3.8) is 0 Å². The molecule has 7 atom stereocenters. The molecule has 3 aliphatic carbocycles. The van der Waals surface area contributed by atoms with Crippen LogP contribution in [-0.2, 0) is 23.9 Å². The second kappa shape index (κ2) is 11.3. The first-order valence-electron chi connectivity index (χ1n) is 15.0. The van der Waals surface area contributed by atoms with Crippen LogP contribution in [0.15, 0.2) is 11.6 Å². The molecule has 0 spiro atoms. The maximum absolute atomic E-state index is 13.9. The zero-order valence-electron chi connectivity index (χ0n) is 23.5. The SMILES string of the molecule is C[NH+]=C(N)N[C@@H](CC(C)=CC[C@@]12O[C@]1(C(=O)OC1CCCC1)C(=O)C1CCCCC1C2=O)C1CC[NH2+]C(N)C1. The number of ether oxygens (including phenoxy) is 2. The second-order valence-corrected chi connectivity index (χ2v) is 12.5. The van der Waals surface area contributed by atoms with Crippen molar-refractivity contribution in [3.8, 4) is 0 Å². The van der Waals surface area contributed by atoms with Crippen molar-refractivity contribution in [3.05, 3.63) is 11.6 Å². The van der Waals surface area contributed by atoms with Gasteiger partial charge in [0.05, 0.1) is 19.6 Å². The minimum absolute atomic E-state index is 0.0627. The Hall–Kier alpha value is -2.30. The van der Waals surface area contributed by atoms with Gasteiger partial charge in [0.15, 0.2) is 17.2 Å². The molecule has 10 nitrogen and oxygen atoms in total. The molecule has 0 aromatic carbocycles. The molecule has 39 heavy (non-hydrogen) atoms. The van der Waals surface area contributed by atoms with Crippen LogP contribution in [0, 0.1) is 17.8 Å². The predicted octanol–water partition coefficient (Wildman–Crippen LogP) is -1.09. The number of carbonyl (C=O) groups is 3. The second-order valence-electron chi connectivity index (χ2n) is 12.5. The van der Waals surface area contributed by atoms with Gasteiger partial charge >= 0.3 is 11.9 Å². The monoisotopic (exact) mass is 545 g/mol. The average molecular weight is 546 g/mol. The predicted molar refractivity (Wildman–Crippen MR) is 144 cm³/mol. The number of guanidine groups is 1. The summed E-state index contributed by atoms with van der Waals surface area (Å²) in [5.41, 5.74) is 10.2. The van der Waals surface area contributed by atoms with Gasteiger partial charge in [-0.3, -0.25) is 31.4 Å². The van der Waals surface area contributed by atoms with Crippen LogP contribution in [0.5, 0.6) is 0 Å². The van der Waals surface area contributed by atoms with E-state index in [9.17, 15) is 14.4 Å². The molecule has 216 valence electrons. The molecule has 2 heterocycles. The number of rotatable bonds is 8. The number of fused-ring (bicyclic) bond motifs is 2. The minimum atomic E-state index is -1.78. The van der Waals surface area contributed by atoms with E-state index in [1.807, 2.05) is 13.0 Å². The molecule has 2 aliphatic heterocycles. The number of esters is 1. The van der Waals surface area contributed by atoms with Gasteiger partial charge in [0.2, 0.25) is 0 Å². The fraction of sp³-hybridized carbons (Fsp3) is 0.793. The Labute approximate surface area is 231 Å². The zero-order chi connectivity index (χ0) is 27.8. The van der Waals surface area contributed by atoms with Gasteiger partial charge in [0.1, 0.15) is 12.3 Å². The molecule has 2 saturated heterocycles. The minimum Gasteiger partial charge on any atom is -0.460 e. The molecule has 0 aromatic heterocycles. The number of hydrogen-bond donors (Lipinski definition) is 5. The lowest BCUT2D eigenvalue weighted by molar-refractivity contribution is -0.699. The smallest absolute Gasteiger partial charge is 0.350 e. The van der Waals surface area contributed by atoms with Crippen molar-refractivity contribution in [1.82, 2.24) is 5.32 Å². The fourth-order valence-electron chi connectivity index (χ4n) is 7.67. The van der Waals surface area contributed by atoms with Crippen LogP contribution in [0.1, 0.15) is 84.0 Å². The van der Waals surface area contributed by atoms with Crippen molar-refractivity contribution in [2.24, 2.45) is 29.2 Å². The van der Waals surface area contributed by atoms with E-state index in [0.717, 1.165) is 63.5 Å². The molecule has 4 unspecified atom stereocenters. The van der Waals surface area contributed by atoms with Crippen LogP contribution in [0.2, 0.25) is 0 Å². The zero-order valence-corrected chi connectivity index (χ0v) is 23.5. The molecule has 0 radical (unpaired) electrons. The molecule has 5 fully saturated rings. The van der Waals surface area contributed by atoms with E-state index >= 15 is 0 Å². The molecule has 0 bridgehead atoms. The van der Waals surface area contributed by atoms with Crippen molar-refractivity contribution in [1.29, 1.82) is 0 Å². The standard InChI is InChI=1S/C29H45N5O5/c1-17(15-22(34-27(31)32-2)18-12-14-33-23(30)16-18)11-13-28-24(35)20-9-5-6-10-21(20)25(36)29(28,39-28)26(37)38-19-7-3-4-8-19/h11,18-23,33H,3-10,12-16,30H2,1-2H3,(H3,31,32,34)/p+2/t18?,20?,21?,22-,23?,28-,29-/m0/s1. The van der Waals surface area contributed by atoms with Crippen LogP contribution in [0.3, 0.4) is 0 Å². The summed E-state index contributed by atoms with van der Waals surface area (Å²) in [6.07, 6.45) is 11.4. The van der Waals surface area contributed by atoms with Crippen molar-refractivity contribution < 1.29 is 34.2 Å². The summed E-state index contributed by atoms with van der Waals surface area (Å²) in [6.45, 7) is 2.99. The third-order valence-electron chi connectivity index (χ3n) is 9.94. The summed E-state index contributed by atoms with van der Waals surface area (Å²) >= 11 is 0. The molecule has 5 aliphatic rings. The van der Waals surface area contributed by atoms with E-state index in [0.29, 0.717) is 31.1 Å². The number of epoxide rings is 1. The first-order chi connectivity index (χ1) is 18.7. The van der Waals surface area contributed by atoms with Gasteiger partial charge in [-0.1, -0.05) is 24.5 Å². The van der Waals surface area contributed by atoms with Gasteiger partial charge in [-0.2, -0.15) is 0 Å². The Morgan fingerprint density at radius 2 is 1.82 bits per heavy atom. The van der Waals surface area contributed by atoms with Gasteiger partial charge in [0.25, 0.3) is 5.60 Å². The van der Waals surface area contributed by atoms with Gasteiger partial charge in [-0.15, -0.1) is 0 Å². The number of carbonyl (C=O) groups excluding carboxylic acids is 3. The summed E-state index contributed by atoms with van der Waals surface area (Å²) in [4.78, 5) is 44.4. The average Bonchev–Trinajstić information content (AvgIpc) is 3.39. The van der Waals surface area contributed by atoms with Crippen LogP contribution in [-0.4, -0.2) is 66.6 Å². The van der Waals surface area contributed by atoms with Crippen LogP contribution in [0.25, 0.3) is 0 Å². The van der Waals surface area contributed by atoms with Gasteiger partial charge in [-0.05, 0) is 45.4 Å². The molecular formula is C29H47N5O5+2. The summed E-state index contributed by atoms with van der Waals surface area (Å²) in [7, 11) is 1.78. The fourth-order valence-corrected chi connectivity index (χ4v) is 7.67. The van der Waals surface area contributed by atoms with Crippen LogP contribution in [0.4, 0.5) is 0 Å². The first kappa shape index (κ1) is 28.2. The van der Waals surface area contributed by atoms with Crippen molar-refractivity contribution in [2.75, 3.05) is 13.6 Å². The highest BCUT2D eigenvalue weighted by Crippen LogP contribution is 2.61. The van der Waals surface area contributed by atoms with E-state index in [2.05, 4.69) is 15.6 Å². The Bertz CT molecular complexity index is 1040. The Morgan fingerprint density at radius 3 is 2.49 bits per heavy atom. The molecule has 5 rings (SSSR count). The normalized spacial score (nSPS) is 38.1. The molecule has 0 aromatic rings. The van der Waals surface area contributed by atoms with Crippen LogP contribution < -0.4 is 27.1 Å². The topological polar surface area (TPSA) is 168 Å². The number of Topliss-reactive ketones (excluding diaryl/α,β-unsaturated/α-hetero) is 2. The van der Waals surface area contributed by atoms with E-state index in [-0.39, 0.29) is 42.2 Å². The summed E-state index contributed by atoms with van der Waals surface area (Å²) < 4.78 is 12.0. The van der Waals surface area contributed by atoms with E-state index in [4.69, 9.17) is 20.9 Å². The number of piperidine rings is 1. The van der Waals surface area contributed by atoms with Crippen molar-refractivity contribution in [2.45, 2.75) is 113 Å². The number of quaternary nitrogens is 1. The first-order valence-corrected chi connectivity index (χ1v) is 15.0. The third kappa shape index (κ3) is 5.15. The molecule has 10 heteroatoms. The third-order valence-corrected chi connectivity index (χ3v) is 9.94. The molecule has 3 saturated carbocycles. The lowest BCUT2D eigenvalue weighted by Gasteiger charge is -2.37. The Balaban J connectivity index is 1.37.